The van der Waals surface area contributed by atoms with Gasteiger partial charge < -0.3 is 0 Å². The lowest BCUT2D eigenvalue weighted by Crippen LogP contribution is -2.77. The van der Waals surface area contributed by atoms with Crippen molar-refractivity contribution in [3.8, 4) is 0 Å². The maximum Gasteiger partial charge on any atom is 0.438 e. The summed E-state index contributed by atoms with van der Waals surface area (Å²) in [5.74, 6) is -49.3. The van der Waals surface area contributed by atoms with Crippen LogP contribution >= 0.6 is 0 Å². The van der Waals surface area contributed by atoms with E-state index in [1.807, 2.05) is 6.92 Å². The van der Waals surface area contributed by atoms with E-state index in [-0.39, 0.29) is 6.42 Å². The van der Waals surface area contributed by atoms with Crippen LogP contribution in [0.5, 0.6) is 0 Å². The molecule has 0 heterocycles. The van der Waals surface area contributed by atoms with E-state index in [2.05, 4.69) is 0 Å². The summed E-state index contributed by atoms with van der Waals surface area (Å²) >= 11 is 0. The van der Waals surface area contributed by atoms with Gasteiger partial charge in [0.15, 0.2) is 0 Å². The van der Waals surface area contributed by atoms with Crippen molar-refractivity contribution in [2.45, 2.75) is 138 Å². The summed E-state index contributed by atoms with van der Waals surface area (Å²) in [7, 11) is 0. The van der Waals surface area contributed by atoms with Crippen molar-refractivity contribution in [1.82, 2.24) is 0 Å². The van der Waals surface area contributed by atoms with Gasteiger partial charge in [-0.15, -0.1) is 0 Å². The van der Waals surface area contributed by atoms with Crippen molar-refractivity contribution in [3.05, 3.63) is 0 Å². The Labute approximate surface area is 222 Å². The SMILES string of the molecule is CCCCCCCCCCCCCC(F)(F)C(F)(F)C(F)(F)C(F)(F)C(F)(F)C(F)(F)C(F)(C(F)(F)F)C(F)(F)F. The summed E-state index contributed by atoms with van der Waals surface area (Å²) in [6.07, 6.45) is -14.3. The molecule has 19 heteroatoms. The van der Waals surface area contributed by atoms with Gasteiger partial charge in [-0.25, -0.2) is 4.39 Å². The van der Waals surface area contributed by atoms with Crippen molar-refractivity contribution in [2.24, 2.45) is 0 Å². The van der Waals surface area contributed by atoms with Crippen LogP contribution in [-0.4, -0.2) is 53.6 Å². The normalized spacial score (nSPS) is 15.5. The van der Waals surface area contributed by atoms with Gasteiger partial charge in [-0.2, -0.15) is 79.0 Å². The van der Waals surface area contributed by atoms with Gasteiger partial charge in [-0.1, -0.05) is 71.1 Å². The molecule has 0 nitrogen and oxygen atoms in total. The third-order valence-corrected chi connectivity index (χ3v) is 6.34. The summed E-state index contributed by atoms with van der Waals surface area (Å²) in [4.78, 5) is 0. The molecule has 0 N–H and O–H groups in total. The van der Waals surface area contributed by atoms with Crippen molar-refractivity contribution in [2.75, 3.05) is 0 Å². The van der Waals surface area contributed by atoms with Crippen LogP contribution in [0.2, 0.25) is 0 Å². The minimum Gasteiger partial charge on any atom is -0.216 e. The molecule has 0 unspecified atom stereocenters. The fraction of sp³-hybridized carbons (Fsp3) is 1.00. The average molecular weight is 652 g/mol. The molecular formula is C22H27F19. The van der Waals surface area contributed by atoms with E-state index in [0.717, 1.165) is 32.1 Å². The summed E-state index contributed by atoms with van der Waals surface area (Å²) in [6.45, 7) is 1.98. The summed E-state index contributed by atoms with van der Waals surface area (Å²) in [6, 6.07) is 0. The second kappa shape index (κ2) is 13.1. The summed E-state index contributed by atoms with van der Waals surface area (Å²) in [5, 5.41) is 0. The van der Waals surface area contributed by atoms with Gasteiger partial charge in [-0.05, 0) is 6.42 Å². The van der Waals surface area contributed by atoms with Crippen molar-refractivity contribution in [3.63, 3.8) is 0 Å². The molecule has 0 fully saturated rings. The zero-order valence-corrected chi connectivity index (χ0v) is 21.2. The van der Waals surface area contributed by atoms with Crippen LogP contribution in [0.3, 0.4) is 0 Å². The molecular weight excluding hydrogens is 625 g/mol. The molecule has 0 spiro atoms. The van der Waals surface area contributed by atoms with Crippen LogP contribution in [0, 0.1) is 0 Å². The maximum absolute atomic E-state index is 13.9. The fourth-order valence-electron chi connectivity index (χ4n) is 3.72. The minimum atomic E-state index is -8.97. The molecule has 0 saturated heterocycles. The molecule has 248 valence electrons. The Kier molecular flexibility index (Phi) is 12.7. The Hall–Kier alpha value is -1.33. The Morgan fingerprint density at radius 3 is 0.902 bits per heavy atom. The topological polar surface area (TPSA) is 0 Å². The number of alkyl halides is 19. The fourth-order valence-corrected chi connectivity index (χ4v) is 3.72. The number of unbranched alkanes of at least 4 members (excludes halogenated alkanes) is 10. The maximum atomic E-state index is 13.9. The molecule has 0 aliphatic heterocycles. The first-order valence-electron chi connectivity index (χ1n) is 12.2. The molecule has 0 atom stereocenters. The standard InChI is InChI=1S/C22H27F19/c1-2-3-4-5-6-7-8-9-10-11-12-13-14(23,24)16(26,27)18(30,31)20(34,35)19(32,33)17(28,29)15(25,21(36,37)38)22(39,40)41/h2-13H2,1H3. The van der Waals surface area contributed by atoms with Crippen LogP contribution in [-0.2, 0) is 0 Å². The number of rotatable bonds is 18. The predicted molar refractivity (Wildman–Crippen MR) is 107 cm³/mol. The molecule has 0 aromatic rings. The molecule has 0 saturated carbocycles. The van der Waals surface area contributed by atoms with Gasteiger partial charge in [0.1, 0.15) is 0 Å². The van der Waals surface area contributed by atoms with E-state index in [4.69, 9.17) is 0 Å². The lowest BCUT2D eigenvalue weighted by molar-refractivity contribution is -0.472. The molecule has 0 amide bonds. The first-order chi connectivity index (χ1) is 18.1. The van der Waals surface area contributed by atoms with E-state index < -0.39 is 72.8 Å². The van der Waals surface area contributed by atoms with E-state index >= 15 is 0 Å². The van der Waals surface area contributed by atoms with Gasteiger partial charge in [0.05, 0.1) is 0 Å². The highest BCUT2D eigenvalue weighted by molar-refractivity contribution is 5.19. The number of halogens is 19. The van der Waals surface area contributed by atoms with Crippen molar-refractivity contribution >= 4 is 0 Å². The second-order valence-electron chi connectivity index (χ2n) is 9.52. The molecule has 41 heavy (non-hydrogen) atoms. The molecule has 0 rings (SSSR count). The third kappa shape index (κ3) is 7.25. The number of hydrogen-bond donors (Lipinski definition) is 0. The monoisotopic (exact) mass is 652 g/mol. The van der Waals surface area contributed by atoms with Gasteiger partial charge in [0.25, 0.3) is 0 Å². The molecule has 0 radical (unpaired) electrons. The lowest BCUT2D eigenvalue weighted by Gasteiger charge is -2.45. The van der Waals surface area contributed by atoms with Crippen LogP contribution < -0.4 is 0 Å². The Bertz CT molecular complexity index is 780. The van der Waals surface area contributed by atoms with Gasteiger partial charge in [0.2, 0.25) is 0 Å². The average Bonchev–Trinajstić information content (AvgIpc) is 2.79. The van der Waals surface area contributed by atoms with E-state index in [9.17, 15) is 83.4 Å². The first kappa shape index (κ1) is 39.7. The van der Waals surface area contributed by atoms with E-state index in [1.165, 1.54) is 0 Å². The Balaban J connectivity index is 5.81. The third-order valence-electron chi connectivity index (χ3n) is 6.34. The smallest absolute Gasteiger partial charge is 0.216 e. The van der Waals surface area contributed by atoms with Crippen LogP contribution in [0.15, 0.2) is 0 Å². The molecule has 0 bridgehead atoms. The van der Waals surface area contributed by atoms with Gasteiger partial charge in [0, 0.05) is 6.42 Å². The molecule has 0 aromatic carbocycles. The summed E-state index contributed by atoms with van der Waals surface area (Å²) in [5.41, 5.74) is -8.71. The second-order valence-corrected chi connectivity index (χ2v) is 9.52. The Morgan fingerprint density at radius 2 is 0.585 bits per heavy atom. The predicted octanol–water partition coefficient (Wildman–Crippen LogP) is 11.3. The largest absolute Gasteiger partial charge is 0.438 e. The highest BCUT2D eigenvalue weighted by atomic mass is 19.4. The van der Waals surface area contributed by atoms with Crippen molar-refractivity contribution < 1.29 is 83.4 Å². The summed E-state index contributed by atoms with van der Waals surface area (Å²) < 4.78 is 254. The van der Waals surface area contributed by atoms with E-state index in [1.54, 1.807) is 0 Å². The van der Waals surface area contributed by atoms with Crippen LogP contribution in [0.25, 0.3) is 0 Å². The van der Waals surface area contributed by atoms with Gasteiger partial charge in [-0.3, -0.25) is 0 Å². The highest BCUT2D eigenvalue weighted by Gasteiger charge is 2.98. The molecule has 0 aromatic heterocycles. The molecule has 0 aliphatic carbocycles. The van der Waals surface area contributed by atoms with Crippen LogP contribution in [0.1, 0.15) is 84.0 Å². The van der Waals surface area contributed by atoms with Gasteiger partial charge >= 0.3 is 53.6 Å². The highest BCUT2D eigenvalue weighted by Crippen LogP contribution is 2.66. The zero-order valence-electron chi connectivity index (χ0n) is 21.2. The minimum absolute atomic E-state index is 0.0287. The van der Waals surface area contributed by atoms with Crippen molar-refractivity contribution in [1.29, 1.82) is 0 Å². The molecule has 0 aliphatic rings. The zero-order chi connectivity index (χ0) is 33.0. The first-order valence-corrected chi connectivity index (χ1v) is 12.2. The van der Waals surface area contributed by atoms with E-state index in [0.29, 0.717) is 19.3 Å². The Morgan fingerprint density at radius 1 is 0.317 bits per heavy atom. The van der Waals surface area contributed by atoms with Crippen LogP contribution in [0.4, 0.5) is 83.4 Å². The number of hydrogen-bond acceptors (Lipinski definition) is 0. The quantitative estimate of drug-likeness (QED) is 0.102. The lowest BCUT2D eigenvalue weighted by atomic mass is 9.83.